The highest BCUT2D eigenvalue weighted by atomic mass is 35.5. The molecule has 0 heterocycles. The summed E-state index contributed by atoms with van der Waals surface area (Å²) in [5, 5.41) is 1.26. The summed E-state index contributed by atoms with van der Waals surface area (Å²) in [7, 11) is 6.05. The fraction of sp³-hybridized carbons (Fsp3) is 0.625. The smallest absolute Gasteiger partial charge is 0.0595 e. The van der Waals surface area contributed by atoms with Gasteiger partial charge in [0, 0.05) is 19.1 Å². The van der Waals surface area contributed by atoms with Crippen molar-refractivity contribution in [3.05, 3.63) is 33.8 Å². The van der Waals surface area contributed by atoms with Gasteiger partial charge < -0.3 is 9.64 Å². The van der Waals surface area contributed by atoms with Gasteiger partial charge in [0.1, 0.15) is 0 Å². The number of likely N-dealkylation sites (N-methyl/N-ethyl adjacent to an activating group) is 1. The quantitative estimate of drug-likeness (QED) is 0.817. The fourth-order valence-corrected chi connectivity index (χ4v) is 3.74. The average Bonchev–Trinajstić information content (AvgIpc) is 2.41. The van der Waals surface area contributed by atoms with Crippen LogP contribution in [0.25, 0.3) is 0 Å². The lowest BCUT2D eigenvalue weighted by atomic mass is 9.68. The molecule has 0 bridgehead atoms. The number of halogens is 2. The maximum absolute atomic E-state index is 6.23. The molecule has 112 valence electrons. The van der Waals surface area contributed by atoms with E-state index in [0.29, 0.717) is 16.1 Å². The highest BCUT2D eigenvalue weighted by Crippen LogP contribution is 2.42. The zero-order valence-corrected chi connectivity index (χ0v) is 14.0. The Bertz CT molecular complexity index is 464. The van der Waals surface area contributed by atoms with Gasteiger partial charge in [-0.1, -0.05) is 29.3 Å². The van der Waals surface area contributed by atoms with Crippen LogP contribution in [0.2, 0.25) is 10.0 Å². The Labute approximate surface area is 132 Å². The summed E-state index contributed by atoms with van der Waals surface area (Å²) in [6.07, 6.45) is 4.88. The molecule has 0 saturated heterocycles. The lowest BCUT2D eigenvalue weighted by molar-refractivity contribution is 0.0320. The molecule has 0 spiro atoms. The molecule has 2 nitrogen and oxygen atoms in total. The van der Waals surface area contributed by atoms with Crippen molar-refractivity contribution in [3.8, 4) is 0 Å². The number of nitrogens with zero attached hydrogens (tertiary/aromatic N) is 1. The van der Waals surface area contributed by atoms with Crippen molar-refractivity contribution in [2.75, 3.05) is 27.7 Å². The average molecular weight is 316 g/mol. The zero-order chi connectivity index (χ0) is 14.8. The lowest BCUT2D eigenvalue weighted by Crippen LogP contribution is -2.43. The molecule has 1 saturated carbocycles. The SMILES string of the molecule is COC1CCCC(CN(C)C)(c2ccc(Cl)c(Cl)c2)C1. The van der Waals surface area contributed by atoms with Gasteiger partial charge in [0.2, 0.25) is 0 Å². The van der Waals surface area contributed by atoms with Crippen LogP contribution in [0.4, 0.5) is 0 Å². The summed E-state index contributed by atoms with van der Waals surface area (Å²) >= 11 is 12.3. The summed E-state index contributed by atoms with van der Waals surface area (Å²) in [5.74, 6) is 0. The van der Waals surface area contributed by atoms with Gasteiger partial charge in [0.05, 0.1) is 16.1 Å². The standard InChI is InChI=1S/C16H23Cl2NO/c1-19(2)11-16(8-4-5-13(10-16)20-3)12-6-7-14(17)15(18)9-12/h6-7,9,13H,4-5,8,10-11H2,1-3H3. The Kier molecular flexibility index (Phi) is 5.36. The number of ether oxygens (including phenoxy) is 1. The van der Waals surface area contributed by atoms with Crippen LogP contribution in [0.5, 0.6) is 0 Å². The lowest BCUT2D eigenvalue weighted by Gasteiger charge is -2.43. The summed E-state index contributed by atoms with van der Waals surface area (Å²) in [4.78, 5) is 2.25. The molecule has 0 radical (unpaired) electrons. The predicted octanol–water partition coefficient (Wildman–Crippen LogP) is 4.38. The molecule has 1 aromatic carbocycles. The molecule has 1 aliphatic carbocycles. The van der Waals surface area contributed by atoms with Crippen molar-refractivity contribution in [1.82, 2.24) is 4.90 Å². The number of rotatable bonds is 4. The van der Waals surface area contributed by atoms with Crippen LogP contribution in [0, 0.1) is 0 Å². The van der Waals surface area contributed by atoms with Crippen LogP contribution in [0.15, 0.2) is 18.2 Å². The summed E-state index contributed by atoms with van der Waals surface area (Å²) in [5.41, 5.74) is 1.39. The van der Waals surface area contributed by atoms with E-state index in [1.54, 1.807) is 0 Å². The molecule has 2 unspecified atom stereocenters. The van der Waals surface area contributed by atoms with Gasteiger partial charge in [-0.15, -0.1) is 0 Å². The number of methoxy groups -OCH3 is 1. The van der Waals surface area contributed by atoms with Crippen LogP contribution in [0.3, 0.4) is 0 Å². The fourth-order valence-electron chi connectivity index (χ4n) is 3.44. The molecule has 0 aliphatic heterocycles. The van der Waals surface area contributed by atoms with E-state index in [1.807, 2.05) is 19.2 Å². The van der Waals surface area contributed by atoms with E-state index >= 15 is 0 Å². The van der Waals surface area contributed by atoms with Gasteiger partial charge in [-0.3, -0.25) is 0 Å². The predicted molar refractivity (Wildman–Crippen MR) is 86.0 cm³/mol. The van der Waals surface area contributed by atoms with E-state index < -0.39 is 0 Å². The second-order valence-electron chi connectivity index (χ2n) is 6.10. The first-order chi connectivity index (χ1) is 9.47. The van der Waals surface area contributed by atoms with Crippen molar-refractivity contribution < 1.29 is 4.74 Å². The molecule has 1 aliphatic rings. The van der Waals surface area contributed by atoms with E-state index in [2.05, 4.69) is 25.1 Å². The van der Waals surface area contributed by atoms with E-state index in [9.17, 15) is 0 Å². The van der Waals surface area contributed by atoms with Gasteiger partial charge in [0.25, 0.3) is 0 Å². The first-order valence-corrected chi connectivity index (χ1v) is 7.85. The van der Waals surface area contributed by atoms with Crippen molar-refractivity contribution >= 4 is 23.2 Å². The minimum absolute atomic E-state index is 0.108. The summed E-state index contributed by atoms with van der Waals surface area (Å²) < 4.78 is 5.63. The molecule has 0 aromatic heterocycles. The minimum Gasteiger partial charge on any atom is -0.381 e. The minimum atomic E-state index is 0.108. The van der Waals surface area contributed by atoms with Gasteiger partial charge in [-0.05, 0) is 57.5 Å². The first kappa shape index (κ1) is 16.1. The molecule has 4 heteroatoms. The van der Waals surface area contributed by atoms with Gasteiger partial charge in [-0.25, -0.2) is 0 Å². The van der Waals surface area contributed by atoms with E-state index in [1.165, 1.54) is 18.4 Å². The Hall–Kier alpha value is -0.280. The molecule has 20 heavy (non-hydrogen) atoms. The van der Waals surface area contributed by atoms with E-state index in [0.717, 1.165) is 19.4 Å². The molecule has 0 N–H and O–H groups in total. The zero-order valence-electron chi connectivity index (χ0n) is 12.5. The largest absolute Gasteiger partial charge is 0.381 e. The molecular weight excluding hydrogens is 293 g/mol. The third-order valence-corrected chi connectivity index (χ3v) is 5.02. The van der Waals surface area contributed by atoms with Gasteiger partial charge in [0.15, 0.2) is 0 Å². The highest BCUT2D eigenvalue weighted by molar-refractivity contribution is 6.42. The first-order valence-electron chi connectivity index (χ1n) is 7.10. The van der Waals surface area contributed by atoms with Crippen molar-refractivity contribution in [2.45, 2.75) is 37.2 Å². The maximum Gasteiger partial charge on any atom is 0.0595 e. The Morgan fingerprint density at radius 3 is 2.65 bits per heavy atom. The van der Waals surface area contributed by atoms with Crippen molar-refractivity contribution in [1.29, 1.82) is 0 Å². The van der Waals surface area contributed by atoms with Gasteiger partial charge in [-0.2, -0.15) is 0 Å². The van der Waals surface area contributed by atoms with Crippen molar-refractivity contribution in [2.24, 2.45) is 0 Å². The van der Waals surface area contributed by atoms with Crippen LogP contribution in [0.1, 0.15) is 31.2 Å². The highest BCUT2D eigenvalue weighted by Gasteiger charge is 2.38. The van der Waals surface area contributed by atoms with Crippen LogP contribution >= 0.6 is 23.2 Å². The van der Waals surface area contributed by atoms with Crippen LogP contribution in [-0.2, 0) is 10.2 Å². The number of hydrogen-bond acceptors (Lipinski definition) is 2. The van der Waals surface area contributed by atoms with Crippen LogP contribution in [-0.4, -0.2) is 38.8 Å². The third-order valence-electron chi connectivity index (χ3n) is 4.28. The topological polar surface area (TPSA) is 12.5 Å². The van der Waals surface area contributed by atoms with Crippen molar-refractivity contribution in [3.63, 3.8) is 0 Å². The Morgan fingerprint density at radius 1 is 1.30 bits per heavy atom. The van der Waals surface area contributed by atoms with E-state index in [-0.39, 0.29) is 5.41 Å². The Balaban J connectivity index is 2.37. The number of benzene rings is 1. The molecule has 1 fully saturated rings. The molecule has 2 rings (SSSR count). The summed E-state index contributed by atoms with van der Waals surface area (Å²) in [6.45, 7) is 1.00. The normalized spacial score (nSPS) is 27.0. The molecule has 0 amide bonds. The molecule has 1 aromatic rings. The summed E-state index contributed by atoms with van der Waals surface area (Å²) in [6, 6.07) is 6.06. The van der Waals surface area contributed by atoms with Crippen LogP contribution < -0.4 is 0 Å². The maximum atomic E-state index is 6.23. The van der Waals surface area contributed by atoms with Gasteiger partial charge >= 0.3 is 0 Å². The Morgan fingerprint density at radius 2 is 2.05 bits per heavy atom. The monoisotopic (exact) mass is 315 g/mol. The second-order valence-corrected chi connectivity index (χ2v) is 6.92. The third kappa shape index (κ3) is 3.48. The second kappa shape index (κ2) is 6.65. The number of hydrogen-bond donors (Lipinski definition) is 0. The van der Waals surface area contributed by atoms with E-state index in [4.69, 9.17) is 27.9 Å². The molecule has 2 atom stereocenters. The molecular formula is C16H23Cl2NO.